The number of nitrogens with zero attached hydrogens (tertiary/aromatic N) is 1. The van der Waals surface area contributed by atoms with Crippen LogP contribution in [0, 0.1) is 0 Å². The fourth-order valence-corrected chi connectivity index (χ4v) is 2.90. The van der Waals surface area contributed by atoms with Crippen LogP contribution in [-0.4, -0.2) is 4.98 Å². The van der Waals surface area contributed by atoms with Crippen molar-refractivity contribution in [3.63, 3.8) is 0 Å². The summed E-state index contributed by atoms with van der Waals surface area (Å²) in [5.41, 5.74) is 10.5. The van der Waals surface area contributed by atoms with E-state index in [1.165, 1.54) is 28.0 Å². The van der Waals surface area contributed by atoms with Gasteiger partial charge in [-0.15, -0.1) is 0 Å². The van der Waals surface area contributed by atoms with E-state index in [1.54, 1.807) is 0 Å². The first-order valence-corrected chi connectivity index (χ1v) is 7.21. The molecule has 0 atom stereocenters. The van der Waals surface area contributed by atoms with Crippen molar-refractivity contribution >= 4 is 26.7 Å². The minimum absolute atomic E-state index is 0.565. The van der Waals surface area contributed by atoms with Gasteiger partial charge in [0.2, 0.25) is 0 Å². The van der Waals surface area contributed by atoms with E-state index >= 15 is 0 Å². The fourth-order valence-electron chi connectivity index (χ4n) is 2.19. The molecular formula is C16H16N2S. The maximum atomic E-state index is 5.74. The van der Waals surface area contributed by atoms with E-state index in [1.807, 2.05) is 0 Å². The van der Waals surface area contributed by atoms with Crippen molar-refractivity contribution in [2.75, 3.05) is 5.73 Å². The van der Waals surface area contributed by atoms with Crippen molar-refractivity contribution in [3.8, 4) is 11.1 Å². The molecule has 19 heavy (non-hydrogen) atoms. The third kappa shape index (κ3) is 2.34. The Hall–Kier alpha value is -1.87. The summed E-state index contributed by atoms with van der Waals surface area (Å²) in [6, 6.07) is 15.1. The van der Waals surface area contributed by atoms with Crippen molar-refractivity contribution in [2.45, 2.75) is 19.8 Å². The predicted molar refractivity (Wildman–Crippen MR) is 83.6 cm³/mol. The number of hydrogen-bond acceptors (Lipinski definition) is 3. The first kappa shape index (κ1) is 12.2. The Morgan fingerprint density at radius 3 is 2.37 bits per heavy atom. The molecule has 3 rings (SSSR count). The van der Waals surface area contributed by atoms with Gasteiger partial charge in [-0.2, -0.15) is 0 Å². The molecule has 3 heteroatoms. The zero-order valence-corrected chi connectivity index (χ0v) is 11.9. The normalized spacial score (nSPS) is 11.3. The number of rotatable bonds is 2. The number of thiazole rings is 1. The van der Waals surface area contributed by atoms with Crippen molar-refractivity contribution in [1.29, 1.82) is 0 Å². The number of nitrogen functional groups attached to an aromatic ring is 1. The van der Waals surface area contributed by atoms with Crippen LogP contribution in [0.5, 0.6) is 0 Å². The van der Waals surface area contributed by atoms with E-state index in [2.05, 4.69) is 61.3 Å². The smallest absolute Gasteiger partial charge is 0.181 e. The Morgan fingerprint density at radius 2 is 1.68 bits per heavy atom. The Morgan fingerprint density at radius 1 is 1.00 bits per heavy atom. The third-order valence-electron chi connectivity index (χ3n) is 3.31. The lowest BCUT2D eigenvalue weighted by atomic mass is 9.99. The van der Waals surface area contributed by atoms with E-state index in [0.29, 0.717) is 11.0 Å². The van der Waals surface area contributed by atoms with E-state index in [-0.39, 0.29) is 0 Å². The highest BCUT2D eigenvalue weighted by Crippen LogP contribution is 2.29. The number of nitrogens with two attached hydrogens (primary N) is 1. The van der Waals surface area contributed by atoms with Crippen molar-refractivity contribution in [1.82, 2.24) is 4.98 Å². The van der Waals surface area contributed by atoms with Gasteiger partial charge in [0.1, 0.15) is 0 Å². The molecule has 1 heterocycles. The Balaban J connectivity index is 2.03. The van der Waals surface area contributed by atoms with Gasteiger partial charge in [0.25, 0.3) is 0 Å². The maximum absolute atomic E-state index is 5.74. The predicted octanol–water partition coefficient (Wildman–Crippen LogP) is 4.67. The van der Waals surface area contributed by atoms with Gasteiger partial charge in [-0.25, -0.2) is 4.98 Å². The van der Waals surface area contributed by atoms with Crippen LogP contribution in [0.1, 0.15) is 25.3 Å². The molecule has 3 aromatic rings. The fraction of sp³-hybridized carbons (Fsp3) is 0.188. The van der Waals surface area contributed by atoms with Gasteiger partial charge in [-0.3, -0.25) is 0 Å². The molecule has 2 N–H and O–H groups in total. The van der Waals surface area contributed by atoms with E-state index in [9.17, 15) is 0 Å². The Kier molecular flexibility index (Phi) is 2.99. The highest BCUT2D eigenvalue weighted by atomic mass is 32.1. The molecule has 0 spiro atoms. The van der Waals surface area contributed by atoms with E-state index in [0.717, 1.165) is 10.2 Å². The van der Waals surface area contributed by atoms with Gasteiger partial charge in [-0.05, 0) is 34.7 Å². The van der Waals surface area contributed by atoms with Gasteiger partial charge >= 0.3 is 0 Å². The van der Waals surface area contributed by atoms with Crippen molar-refractivity contribution in [3.05, 3.63) is 48.0 Å². The van der Waals surface area contributed by atoms with Crippen LogP contribution in [-0.2, 0) is 0 Å². The van der Waals surface area contributed by atoms with Crippen LogP contribution >= 0.6 is 11.3 Å². The molecule has 96 valence electrons. The molecule has 0 fully saturated rings. The summed E-state index contributed by atoms with van der Waals surface area (Å²) in [4.78, 5) is 4.34. The molecule has 0 aliphatic rings. The molecule has 0 aliphatic heterocycles. The summed E-state index contributed by atoms with van der Waals surface area (Å²) in [6.07, 6.45) is 0. The molecule has 2 aromatic carbocycles. The minimum atomic E-state index is 0.565. The molecule has 0 aliphatic carbocycles. The minimum Gasteiger partial charge on any atom is -0.375 e. The second-order valence-corrected chi connectivity index (χ2v) is 6.07. The van der Waals surface area contributed by atoms with Crippen LogP contribution in [0.3, 0.4) is 0 Å². The zero-order valence-electron chi connectivity index (χ0n) is 11.1. The third-order valence-corrected chi connectivity index (χ3v) is 4.18. The van der Waals surface area contributed by atoms with Crippen molar-refractivity contribution < 1.29 is 0 Å². The standard InChI is InChI=1S/C16H16N2S/c1-10(2)11-3-5-12(6-4-11)13-7-8-15-14(9-13)18-16(17)19-15/h3-10H,1-2H3,(H2,17,18). The molecule has 0 radical (unpaired) electrons. The lowest BCUT2D eigenvalue weighted by Gasteiger charge is -2.07. The topological polar surface area (TPSA) is 38.9 Å². The highest BCUT2D eigenvalue weighted by Gasteiger charge is 2.05. The van der Waals surface area contributed by atoms with Crippen LogP contribution in [0.25, 0.3) is 21.3 Å². The summed E-state index contributed by atoms with van der Waals surface area (Å²) in [7, 11) is 0. The second-order valence-electron chi connectivity index (χ2n) is 5.01. The number of hydrogen-bond donors (Lipinski definition) is 1. The maximum Gasteiger partial charge on any atom is 0.181 e. The summed E-state index contributed by atoms with van der Waals surface area (Å²) in [6.45, 7) is 4.41. The van der Waals surface area contributed by atoms with Gasteiger partial charge in [-0.1, -0.05) is 55.5 Å². The van der Waals surface area contributed by atoms with E-state index in [4.69, 9.17) is 5.73 Å². The summed E-state index contributed by atoms with van der Waals surface area (Å²) in [5, 5.41) is 0.627. The first-order chi connectivity index (χ1) is 9.13. The first-order valence-electron chi connectivity index (χ1n) is 6.40. The van der Waals surface area contributed by atoms with E-state index < -0.39 is 0 Å². The highest BCUT2D eigenvalue weighted by molar-refractivity contribution is 7.22. The lowest BCUT2D eigenvalue weighted by molar-refractivity contribution is 0.867. The Bertz CT molecular complexity index is 711. The molecule has 0 bridgehead atoms. The van der Waals surface area contributed by atoms with Crippen LogP contribution in [0.4, 0.5) is 5.13 Å². The number of anilines is 1. The monoisotopic (exact) mass is 268 g/mol. The summed E-state index contributed by atoms with van der Waals surface area (Å²) < 4.78 is 1.14. The average molecular weight is 268 g/mol. The summed E-state index contributed by atoms with van der Waals surface area (Å²) >= 11 is 1.53. The largest absolute Gasteiger partial charge is 0.375 e. The SMILES string of the molecule is CC(C)c1ccc(-c2ccc3sc(N)nc3c2)cc1. The van der Waals surface area contributed by atoms with Crippen LogP contribution in [0.15, 0.2) is 42.5 Å². The average Bonchev–Trinajstić information content (AvgIpc) is 2.77. The number of fused-ring (bicyclic) bond motifs is 1. The molecule has 0 unspecified atom stereocenters. The molecule has 0 amide bonds. The van der Waals surface area contributed by atoms with Gasteiger partial charge in [0.15, 0.2) is 5.13 Å². The number of benzene rings is 2. The molecule has 1 aromatic heterocycles. The quantitative estimate of drug-likeness (QED) is 0.733. The van der Waals surface area contributed by atoms with Crippen LogP contribution in [0.2, 0.25) is 0 Å². The number of aromatic nitrogens is 1. The van der Waals surface area contributed by atoms with Gasteiger partial charge in [0.05, 0.1) is 10.2 Å². The second kappa shape index (κ2) is 4.67. The van der Waals surface area contributed by atoms with Crippen molar-refractivity contribution in [2.24, 2.45) is 0 Å². The van der Waals surface area contributed by atoms with Gasteiger partial charge < -0.3 is 5.73 Å². The molecule has 0 saturated carbocycles. The summed E-state index contributed by atoms with van der Waals surface area (Å²) in [5.74, 6) is 0.565. The molecular weight excluding hydrogens is 252 g/mol. The molecule has 2 nitrogen and oxygen atoms in total. The lowest BCUT2D eigenvalue weighted by Crippen LogP contribution is -1.86. The molecule has 0 saturated heterocycles. The van der Waals surface area contributed by atoms with Crippen LogP contribution < -0.4 is 5.73 Å². The van der Waals surface area contributed by atoms with Gasteiger partial charge in [0, 0.05) is 0 Å². The Labute approximate surface area is 116 Å². The zero-order chi connectivity index (χ0) is 13.4.